The van der Waals surface area contributed by atoms with Crippen molar-refractivity contribution in [1.29, 1.82) is 0 Å². The van der Waals surface area contributed by atoms with Crippen molar-refractivity contribution in [3.05, 3.63) is 47.8 Å². The molecule has 1 heterocycles. The zero-order chi connectivity index (χ0) is 14.8. The van der Waals surface area contributed by atoms with Crippen LogP contribution < -0.4 is 4.72 Å². The molecule has 0 radical (unpaired) electrons. The third kappa shape index (κ3) is 2.73. The second kappa shape index (κ2) is 5.47. The van der Waals surface area contributed by atoms with E-state index in [1.54, 1.807) is 0 Å². The minimum Gasteiger partial charge on any atom is -0.391 e. The summed E-state index contributed by atoms with van der Waals surface area (Å²) < 4.78 is 53.0. The van der Waals surface area contributed by atoms with Gasteiger partial charge >= 0.3 is 0 Å². The van der Waals surface area contributed by atoms with Crippen LogP contribution in [0.4, 0.5) is 14.7 Å². The fourth-order valence-electron chi connectivity index (χ4n) is 1.46. The van der Waals surface area contributed by atoms with Gasteiger partial charge in [-0.15, -0.1) is 0 Å². The zero-order valence-electron chi connectivity index (χ0n) is 9.92. The fourth-order valence-corrected chi connectivity index (χ4v) is 2.52. The van der Waals surface area contributed by atoms with Gasteiger partial charge in [-0.05, 0) is 18.2 Å². The first-order chi connectivity index (χ1) is 9.45. The van der Waals surface area contributed by atoms with Crippen molar-refractivity contribution in [3.8, 4) is 0 Å². The van der Waals surface area contributed by atoms with Crippen LogP contribution in [0.3, 0.4) is 0 Å². The SMILES string of the molecule is O=S(=O)(Nc1ncccn1)c1ccc(F)c(CO)c1F. The van der Waals surface area contributed by atoms with Gasteiger partial charge in [0.15, 0.2) is 5.82 Å². The molecule has 0 fully saturated rings. The molecule has 0 bridgehead atoms. The number of nitrogens with one attached hydrogen (secondary N) is 1. The summed E-state index contributed by atoms with van der Waals surface area (Å²) in [6.45, 7) is -0.955. The molecule has 0 amide bonds. The van der Waals surface area contributed by atoms with Crippen LogP contribution in [0.15, 0.2) is 35.5 Å². The Bertz CT molecular complexity index is 723. The van der Waals surface area contributed by atoms with Crippen molar-refractivity contribution in [1.82, 2.24) is 9.97 Å². The highest BCUT2D eigenvalue weighted by Gasteiger charge is 2.24. The average Bonchev–Trinajstić information content (AvgIpc) is 2.39. The van der Waals surface area contributed by atoms with Crippen molar-refractivity contribution in [3.63, 3.8) is 0 Å². The first kappa shape index (κ1) is 14.3. The molecule has 0 saturated carbocycles. The Balaban J connectivity index is 2.45. The molecule has 1 aromatic heterocycles. The van der Waals surface area contributed by atoms with E-state index in [0.29, 0.717) is 0 Å². The molecule has 0 aliphatic carbocycles. The molecule has 2 N–H and O–H groups in total. The van der Waals surface area contributed by atoms with Gasteiger partial charge in [-0.2, -0.15) is 0 Å². The molecule has 2 aromatic rings. The lowest BCUT2D eigenvalue weighted by molar-refractivity contribution is 0.267. The largest absolute Gasteiger partial charge is 0.391 e. The number of aliphatic hydroxyl groups excluding tert-OH is 1. The molecule has 9 heteroatoms. The first-order valence-electron chi connectivity index (χ1n) is 5.33. The van der Waals surface area contributed by atoms with E-state index in [2.05, 4.69) is 9.97 Å². The molecule has 6 nitrogen and oxygen atoms in total. The molecular formula is C11H9F2N3O3S. The smallest absolute Gasteiger partial charge is 0.267 e. The van der Waals surface area contributed by atoms with Gasteiger partial charge in [0.1, 0.15) is 10.7 Å². The lowest BCUT2D eigenvalue weighted by Gasteiger charge is -2.09. The molecule has 20 heavy (non-hydrogen) atoms. The van der Waals surface area contributed by atoms with Crippen LogP contribution in [0.1, 0.15) is 5.56 Å². The fraction of sp³-hybridized carbons (Fsp3) is 0.0909. The number of hydrogen-bond acceptors (Lipinski definition) is 5. The summed E-state index contributed by atoms with van der Waals surface area (Å²) in [5, 5.41) is 8.86. The number of sulfonamides is 1. The molecule has 0 unspecified atom stereocenters. The second-order valence-corrected chi connectivity index (χ2v) is 5.32. The number of nitrogens with zero attached hydrogens (tertiary/aromatic N) is 2. The van der Waals surface area contributed by atoms with Crippen molar-refractivity contribution < 1.29 is 22.3 Å². The van der Waals surface area contributed by atoms with Gasteiger partial charge in [-0.3, -0.25) is 0 Å². The summed E-state index contributed by atoms with van der Waals surface area (Å²) in [4.78, 5) is 6.47. The number of rotatable bonds is 4. The molecular weight excluding hydrogens is 292 g/mol. The van der Waals surface area contributed by atoms with Crippen LogP contribution in [0.25, 0.3) is 0 Å². The van der Waals surface area contributed by atoms with Gasteiger partial charge in [0, 0.05) is 12.4 Å². The maximum absolute atomic E-state index is 13.9. The standard InChI is InChI=1S/C11H9F2N3O3S/c12-8-2-3-9(10(13)7(8)6-17)20(18,19)16-11-14-4-1-5-15-11/h1-5,17H,6H2,(H,14,15,16). The Hall–Kier alpha value is -2.13. The predicted octanol–water partition coefficient (Wildman–Crippen LogP) is 1.05. The summed E-state index contributed by atoms with van der Waals surface area (Å²) in [5.41, 5.74) is -0.721. The predicted molar refractivity (Wildman–Crippen MR) is 65.1 cm³/mol. The topological polar surface area (TPSA) is 92.2 Å². The van der Waals surface area contributed by atoms with Crippen molar-refractivity contribution in [2.24, 2.45) is 0 Å². The number of anilines is 1. The molecule has 2 rings (SSSR count). The van der Waals surface area contributed by atoms with E-state index in [9.17, 15) is 17.2 Å². The normalized spacial score (nSPS) is 11.3. The van der Waals surface area contributed by atoms with Crippen LogP contribution in [0, 0.1) is 11.6 Å². The quantitative estimate of drug-likeness (QED) is 0.880. The van der Waals surface area contributed by atoms with Crippen molar-refractivity contribution in [2.45, 2.75) is 11.5 Å². The number of halogens is 2. The maximum Gasteiger partial charge on any atom is 0.267 e. The van der Waals surface area contributed by atoms with Crippen molar-refractivity contribution >= 4 is 16.0 Å². The second-order valence-electron chi connectivity index (χ2n) is 3.67. The highest BCUT2D eigenvalue weighted by atomic mass is 32.2. The van der Waals surface area contributed by atoms with E-state index in [1.165, 1.54) is 18.5 Å². The highest BCUT2D eigenvalue weighted by molar-refractivity contribution is 7.92. The Kier molecular flexibility index (Phi) is 3.91. The summed E-state index contributed by atoms with van der Waals surface area (Å²) in [7, 11) is -4.32. The highest BCUT2D eigenvalue weighted by Crippen LogP contribution is 2.22. The first-order valence-corrected chi connectivity index (χ1v) is 6.81. The lowest BCUT2D eigenvalue weighted by atomic mass is 10.2. The summed E-state index contributed by atoms with van der Waals surface area (Å²) >= 11 is 0. The Morgan fingerprint density at radius 1 is 1.20 bits per heavy atom. The zero-order valence-corrected chi connectivity index (χ0v) is 10.7. The van der Waals surface area contributed by atoms with E-state index in [1.807, 2.05) is 4.72 Å². The average molecular weight is 301 g/mol. The van der Waals surface area contributed by atoms with Gasteiger partial charge in [0.2, 0.25) is 5.95 Å². The number of aromatic nitrogens is 2. The lowest BCUT2D eigenvalue weighted by Crippen LogP contribution is -2.17. The Morgan fingerprint density at radius 3 is 2.45 bits per heavy atom. The third-order valence-electron chi connectivity index (χ3n) is 2.39. The summed E-state index contributed by atoms with van der Waals surface area (Å²) in [5.74, 6) is -2.63. The van der Waals surface area contributed by atoms with Crippen LogP contribution >= 0.6 is 0 Å². The van der Waals surface area contributed by atoms with Crippen LogP contribution in [0.5, 0.6) is 0 Å². The van der Waals surface area contributed by atoms with E-state index < -0.39 is 38.7 Å². The minimum atomic E-state index is -4.32. The molecule has 0 spiro atoms. The van der Waals surface area contributed by atoms with E-state index in [-0.39, 0.29) is 5.95 Å². The van der Waals surface area contributed by atoms with Gasteiger partial charge < -0.3 is 5.11 Å². The van der Waals surface area contributed by atoms with Crippen LogP contribution in [0.2, 0.25) is 0 Å². The van der Waals surface area contributed by atoms with Crippen LogP contribution in [-0.2, 0) is 16.6 Å². The molecule has 0 saturated heterocycles. The van der Waals surface area contributed by atoms with E-state index in [4.69, 9.17) is 5.11 Å². The molecule has 0 atom stereocenters. The summed E-state index contributed by atoms with van der Waals surface area (Å²) in [6, 6.07) is 2.99. The van der Waals surface area contributed by atoms with E-state index in [0.717, 1.165) is 12.1 Å². The Morgan fingerprint density at radius 2 is 1.85 bits per heavy atom. The van der Waals surface area contributed by atoms with Crippen molar-refractivity contribution in [2.75, 3.05) is 4.72 Å². The molecule has 0 aliphatic heterocycles. The minimum absolute atomic E-state index is 0.248. The third-order valence-corrected chi connectivity index (χ3v) is 3.74. The van der Waals surface area contributed by atoms with Gasteiger partial charge in [-0.1, -0.05) is 0 Å². The maximum atomic E-state index is 13.9. The number of benzene rings is 1. The van der Waals surface area contributed by atoms with Gasteiger partial charge in [0.25, 0.3) is 10.0 Å². The molecule has 0 aliphatic rings. The van der Waals surface area contributed by atoms with E-state index >= 15 is 0 Å². The number of aliphatic hydroxyl groups is 1. The number of hydrogen-bond donors (Lipinski definition) is 2. The summed E-state index contributed by atoms with van der Waals surface area (Å²) in [6.07, 6.45) is 2.59. The Labute approximate surface area is 113 Å². The molecule has 106 valence electrons. The van der Waals surface area contributed by atoms with Gasteiger partial charge in [-0.25, -0.2) is 31.9 Å². The van der Waals surface area contributed by atoms with Crippen LogP contribution in [-0.4, -0.2) is 23.5 Å². The van der Waals surface area contributed by atoms with Gasteiger partial charge in [0.05, 0.1) is 12.2 Å². The molecule has 1 aromatic carbocycles. The monoisotopic (exact) mass is 301 g/mol.